The van der Waals surface area contributed by atoms with E-state index in [1.165, 1.54) is 32.1 Å². The van der Waals surface area contributed by atoms with Crippen molar-refractivity contribution in [3.63, 3.8) is 0 Å². The number of nitrogen functional groups attached to an aromatic ring is 1. The van der Waals surface area contributed by atoms with E-state index in [1.54, 1.807) is 0 Å². The molecule has 0 spiro atoms. The Morgan fingerprint density at radius 1 is 1.16 bits per heavy atom. The molecule has 5 heteroatoms. The number of aromatic amines is 1. The van der Waals surface area contributed by atoms with Crippen LogP contribution in [0.4, 0.5) is 5.95 Å². The highest BCUT2D eigenvalue weighted by molar-refractivity contribution is 5.87. The van der Waals surface area contributed by atoms with Crippen LogP contribution in [-0.4, -0.2) is 21.0 Å². The Labute approximate surface area is 111 Å². The van der Waals surface area contributed by atoms with E-state index in [0.29, 0.717) is 17.8 Å². The molecule has 102 valence electrons. The summed E-state index contributed by atoms with van der Waals surface area (Å²) in [7, 11) is 0. The van der Waals surface area contributed by atoms with Gasteiger partial charge in [-0.2, -0.15) is 0 Å². The molecule has 1 heterocycles. The zero-order valence-electron chi connectivity index (χ0n) is 10.8. The second kappa shape index (κ2) is 3.74. The summed E-state index contributed by atoms with van der Waals surface area (Å²) in [5.41, 5.74) is 6.62. The monoisotopic (exact) mass is 261 g/mol. The highest BCUT2D eigenvalue weighted by atomic mass is 16.4. The molecule has 0 aliphatic heterocycles. The summed E-state index contributed by atoms with van der Waals surface area (Å²) >= 11 is 0. The third-order valence-corrected chi connectivity index (χ3v) is 5.51. The van der Waals surface area contributed by atoms with Gasteiger partial charge < -0.3 is 15.8 Å². The standard InChI is InChI=1S/C14H19N3O2/c15-14-16-11(12(17-14)13(18)19)10-8-2-6-1-7(4-8)5-9(10)3-6/h6-10H,1-5H2,(H,18,19)(H3,15,16,17). The fourth-order valence-electron chi connectivity index (χ4n) is 5.21. The topological polar surface area (TPSA) is 92.0 Å². The van der Waals surface area contributed by atoms with E-state index in [4.69, 9.17) is 5.73 Å². The van der Waals surface area contributed by atoms with E-state index in [9.17, 15) is 9.90 Å². The van der Waals surface area contributed by atoms with Crippen LogP contribution in [0.3, 0.4) is 0 Å². The first-order valence-corrected chi connectivity index (χ1v) is 7.20. The highest BCUT2D eigenvalue weighted by Gasteiger charge is 2.50. The van der Waals surface area contributed by atoms with Gasteiger partial charge in [0.1, 0.15) is 0 Å². The summed E-state index contributed by atoms with van der Waals surface area (Å²) in [6.45, 7) is 0. The quantitative estimate of drug-likeness (QED) is 0.761. The highest BCUT2D eigenvalue weighted by Crippen LogP contribution is 2.59. The molecule has 4 fully saturated rings. The molecular formula is C14H19N3O2. The van der Waals surface area contributed by atoms with Crippen LogP contribution in [0, 0.1) is 23.7 Å². The lowest BCUT2D eigenvalue weighted by molar-refractivity contribution is -0.00440. The number of anilines is 1. The number of nitrogens with two attached hydrogens (primary N) is 1. The van der Waals surface area contributed by atoms with Gasteiger partial charge in [-0.3, -0.25) is 0 Å². The van der Waals surface area contributed by atoms with E-state index in [1.807, 2.05) is 0 Å². The second-order valence-corrected chi connectivity index (χ2v) is 6.65. The van der Waals surface area contributed by atoms with Gasteiger partial charge in [-0.05, 0) is 55.8 Å². The van der Waals surface area contributed by atoms with Crippen molar-refractivity contribution >= 4 is 11.9 Å². The van der Waals surface area contributed by atoms with Crippen molar-refractivity contribution in [1.82, 2.24) is 9.97 Å². The molecule has 0 radical (unpaired) electrons. The number of hydrogen-bond acceptors (Lipinski definition) is 3. The largest absolute Gasteiger partial charge is 0.476 e. The molecule has 4 aliphatic carbocycles. The zero-order valence-corrected chi connectivity index (χ0v) is 10.8. The number of nitrogens with zero attached hydrogens (tertiary/aromatic N) is 1. The first kappa shape index (κ1) is 11.3. The molecule has 0 saturated heterocycles. The van der Waals surface area contributed by atoms with Crippen LogP contribution in [0.5, 0.6) is 0 Å². The van der Waals surface area contributed by atoms with Gasteiger partial charge in [-0.25, -0.2) is 9.78 Å². The molecule has 0 amide bonds. The summed E-state index contributed by atoms with van der Waals surface area (Å²) in [6, 6.07) is 0. The fraction of sp³-hybridized carbons (Fsp3) is 0.714. The van der Waals surface area contributed by atoms with Gasteiger partial charge in [0.25, 0.3) is 0 Å². The summed E-state index contributed by atoms with van der Waals surface area (Å²) in [4.78, 5) is 18.3. The lowest BCUT2D eigenvalue weighted by Gasteiger charge is -2.54. The van der Waals surface area contributed by atoms with Crippen molar-refractivity contribution in [1.29, 1.82) is 0 Å². The van der Waals surface area contributed by atoms with E-state index in [2.05, 4.69) is 9.97 Å². The number of aromatic nitrogens is 2. The molecule has 0 unspecified atom stereocenters. The minimum absolute atomic E-state index is 0.148. The van der Waals surface area contributed by atoms with Crippen LogP contribution in [-0.2, 0) is 0 Å². The summed E-state index contributed by atoms with van der Waals surface area (Å²) in [5, 5.41) is 9.30. The maximum atomic E-state index is 11.3. The van der Waals surface area contributed by atoms with E-state index >= 15 is 0 Å². The molecular weight excluding hydrogens is 242 g/mol. The van der Waals surface area contributed by atoms with E-state index < -0.39 is 5.97 Å². The van der Waals surface area contributed by atoms with Gasteiger partial charge >= 0.3 is 5.97 Å². The normalized spacial score (nSPS) is 39.7. The summed E-state index contributed by atoms with van der Waals surface area (Å²) in [5.74, 6) is 2.64. The van der Waals surface area contributed by atoms with Gasteiger partial charge in [-0.1, -0.05) is 0 Å². The number of rotatable bonds is 2. The Hall–Kier alpha value is -1.52. The van der Waals surface area contributed by atoms with Crippen molar-refractivity contribution in [3.05, 3.63) is 11.4 Å². The molecule has 1 aromatic rings. The van der Waals surface area contributed by atoms with Crippen LogP contribution in [0.1, 0.15) is 54.2 Å². The fourth-order valence-corrected chi connectivity index (χ4v) is 5.21. The lowest BCUT2D eigenvalue weighted by atomic mass is 9.51. The van der Waals surface area contributed by atoms with Gasteiger partial charge in [-0.15, -0.1) is 0 Å². The van der Waals surface area contributed by atoms with Gasteiger partial charge in [0.05, 0.1) is 5.69 Å². The number of carboxylic acid groups (broad SMARTS) is 1. The van der Waals surface area contributed by atoms with Gasteiger partial charge in [0, 0.05) is 5.92 Å². The smallest absolute Gasteiger partial charge is 0.356 e. The van der Waals surface area contributed by atoms with Gasteiger partial charge in [0.15, 0.2) is 11.6 Å². The zero-order chi connectivity index (χ0) is 13.1. The number of nitrogens with one attached hydrogen (secondary N) is 1. The Balaban J connectivity index is 1.74. The lowest BCUT2D eigenvalue weighted by Crippen LogP contribution is -2.44. The van der Waals surface area contributed by atoms with Crippen LogP contribution < -0.4 is 5.73 Å². The third kappa shape index (κ3) is 1.60. The average Bonchev–Trinajstić information content (AvgIpc) is 2.70. The Kier molecular flexibility index (Phi) is 2.23. The van der Waals surface area contributed by atoms with E-state index in [-0.39, 0.29) is 11.6 Å². The van der Waals surface area contributed by atoms with Crippen LogP contribution in [0.2, 0.25) is 0 Å². The predicted octanol–water partition coefficient (Wildman–Crippen LogP) is 2.23. The number of H-pyrrole nitrogens is 1. The predicted molar refractivity (Wildman–Crippen MR) is 69.7 cm³/mol. The Bertz CT molecular complexity index is 509. The number of carboxylic acids is 1. The maximum absolute atomic E-state index is 11.3. The first-order chi connectivity index (χ1) is 9.11. The van der Waals surface area contributed by atoms with Crippen LogP contribution in [0.15, 0.2) is 0 Å². The van der Waals surface area contributed by atoms with Crippen LogP contribution in [0.25, 0.3) is 0 Å². The van der Waals surface area contributed by atoms with Crippen molar-refractivity contribution < 1.29 is 9.90 Å². The Morgan fingerprint density at radius 3 is 2.26 bits per heavy atom. The SMILES string of the molecule is Nc1nc(C(=O)O)c(C2C3CC4CC(C3)CC2C4)[nH]1. The molecule has 4 N–H and O–H groups in total. The van der Waals surface area contributed by atoms with Crippen molar-refractivity contribution in [2.24, 2.45) is 23.7 Å². The molecule has 0 atom stereocenters. The van der Waals surface area contributed by atoms with Crippen molar-refractivity contribution in [2.45, 2.75) is 38.0 Å². The second-order valence-electron chi connectivity index (χ2n) is 6.65. The summed E-state index contributed by atoms with van der Waals surface area (Å²) < 4.78 is 0. The van der Waals surface area contributed by atoms with Crippen molar-refractivity contribution in [3.8, 4) is 0 Å². The molecule has 1 aromatic heterocycles. The molecule has 5 rings (SSSR count). The summed E-state index contributed by atoms with van der Waals surface area (Å²) in [6.07, 6.45) is 6.44. The third-order valence-electron chi connectivity index (χ3n) is 5.51. The van der Waals surface area contributed by atoms with Crippen LogP contribution >= 0.6 is 0 Å². The minimum Gasteiger partial charge on any atom is -0.476 e. The number of carbonyl (C=O) groups is 1. The maximum Gasteiger partial charge on any atom is 0.356 e. The first-order valence-electron chi connectivity index (χ1n) is 7.20. The Morgan fingerprint density at radius 2 is 1.74 bits per heavy atom. The average molecular weight is 261 g/mol. The molecule has 5 nitrogen and oxygen atoms in total. The van der Waals surface area contributed by atoms with Crippen molar-refractivity contribution in [2.75, 3.05) is 5.73 Å². The minimum atomic E-state index is -0.961. The number of imidazole rings is 1. The van der Waals surface area contributed by atoms with Gasteiger partial charge in [0.2, 0.25) is 0 Å². The molecule has 4 aliphatic rings. The molecule has 19 heavy (non-hydrogen) atoms. The molecule has 4 bridgehead atoms. The molecule has 0 aromatic carbocycles. The van der Waals surface area contributed by atoms with E-state index in [0.717, 1.165) is 17.5 Å². The number of aromatic carboxylic acids is 1. The number of hydrogen-bond donors (Lipinski definition) is 3. The molecule has 4 saturated carbocycles.